The van der Waals surface area contributed by atoms with E-state index in [4.69, 9.17) is 4.42 Å². The first kappa shape index (κ1) is 20.4. The molecular formula is C33H22BrNO. The standard InChI is InChI=1S/C33H22BrNO/c1-33(2)26-9-5-3-7-21(26)22-14-12-20(18-27(22)33)35-28-17-19(34)11-13-23(28)24-15-16-30-31(32(24)35)25-8-4-6-10-29(25)36-30/h3-18H,1-2H3. The molecule has 1 aliphatic carbocycles. The lowest BCUT2D eigenvalue weighted by Gasteiger charge is -2.22. The Morgan fingerprint density at radius 3 is 2.36 bits per heavy atom. The number of nitrogens with zero attached hydrogens (tertiary/aromatic N) is 1. The van der Waals surface area contributed by atoms with Crippen LogP contribution in [0.15, 0.2) is 106 Å². The summed E-state index contributed by atoms with van der Waals surface area (Å²) in [7, 11) is 0. The van der Waals surface area contributed by atoms with Crippen molar-refractivity contribution in [2.24, 2.45) is 0 Å². The zero-order valence-electron chi connectivity index (χ0n) is 20.0. The van der Waals surface area contributed by atoms with Crippen LogP contribution in [0.3, 0.4) is 0 Å². The van der Waals surface area contributed by atoms with Crippen LogP contribution in [0.25, 0.3) is 60.6 Å². The molecule has 0 saturated carbocycles. The van der Waals surface area contributed by atoms with Crippen molar-refractivity contribution < 1.29 is 4.42 Å². The number of para-hydroxylation sites is 1. The van der Waals surface area contributed by atoms with Gasteiger partial charge < -0.3 is 8.98 Å². The van der Waals surface area contributed by atoms with Gasteiger partial charge in [-0.05, 0) is 64.7 Å². The van der Waals surface area contributed by atoms with Crippen LogP contribution in [0.5, 0.6) is 0 Å². The van der Waals surface area contributed by atoms with Gasteiger partial charge in [0.1, 0.15) is 11.2 Å². The van der Waals surface area contributed by atoms with Gasteiger partial charge in [-0.3, -0.25) is 0 Å². The van der Waals surface area contributed by atoms with Crippen LogP contribution in [0.2, 0.25) is 0 Å². The Morgan fingerprint density at radius 2 is 1.44 bits per heavy atom. The molecule has 0 bridgehead atoms. The van der Waals surface area contributed by atoms with Crippen LogP contribution >= 0.6 is 15.9 Å². The number of halogens is 1. The molecule has 0 fully saturated rings. The lowest BCUT2D eigenvalue weighted by molar-refractivity contribution is 0.660. The molecule has 36 heavy (non-hydrogen) atoms. The zero-order chi connectivity index (χ0) is 24.2. The second-order valence-corrected chi connectivity index (χ2v) is 11.2. The molecule has 5 aromatic carbocycles. The molecule has 1 aliphatic rings. The van der Waals surface area contributed by atoms with Gasteiger partial charge in [0.05, 0.1) is 16.4 Å². The summed E-state index contributed by atoms with van der Waals surface area (Å²) in [6.45, 7) is 4.68. The van der Waals surface area contributed by atoms with Crippen molar-refractivity contribution in [2.75, 3.05) is 0 Å². The Bertz CT molecular complexity index is 2040. The van der Waals surface area contributed by atoms with Gasteiger partial charge in [-0.15, -0.1) is 0 Å². The Labute approximate surface area is 216 Å². The minimum atomic E-state index is -0.0566. The van der Waals surface area contributed by atoms with E-state index in [1.165, 1.54) is 55.1 Å². The van der Waals surface area contributed by atoms with Crippen LogP contribution in [0, 0.1) is 0 Å². The molecule has 0 amide bonds. The maximum atomic E-state index is 6.30. The van der Waals surface area contributed by atoms with Gasteiger partial charge in [0, 0.05) is 31.7 Å². The average Bonchev–Trinajstić information content (AvgIpc) is 3.50. The summed E-state index contributed by atoms with van der Waals surface area (Å²) >= 11 is 3.73. The van der Waals surface area contributed by atoms with Crippen LogP contribution in [-0.4, -0.2) is 4.57 Å². The van der Waals surface area contributed by atoms with Crippen LogP contribution in [-0.2, 0) is 5.41 Å². The number of furan rings is 1. The number of hydrogen-bond acceptors (Lipinski definition) is 1. The molecule has 0 atom stereocenters. The summed E-state index contributed by atoms with van der Waals surface area (Å²) < 4.78 is 9.80. The van der Waals surface area contributed by atoms with Crippen LogP contribution < -0.4 is 0 Å². The van der Waals surface area contributed by atoms with Gasteiger partial charge in [-0.2, -0.15) is 0 Å². The van der Waals surface area contributed by atoms with E-state index < -0.39 is 0 Å². The third-order valence-corrected chi connectivity index (χ3v) is 8.55. The van der Waals surface area contributed by atoms with Crippen molar-refractivity contribution in [2.45, 2.75) is 19.3 Å². The number of hydrogen-bond donors (Lipinski definition) is 0. The smallest absolute Gasteiger partial charge is 0.137 e. The fraction of sp³-hybridized carbons (Fsp3) is 0.0909. The highest BCUT2D eigenvalue weighted by molar-refractivity contribution is 9.10. The minimum absolute atomic E-state index is 0.0566. The van der Waals surface area contributed by atoms with Crippen LogP contribution in [0.1, 0.15) is 25.0 Å². The normalized spacial score (nSPS) is 14.2. The lowest BCUT2D eigenvalue weighted by Crippen LogP contribution is -2.15. The minimum Gasteiger partial charge on any atom is -0.456 e. The largest absolute Gasteiger partial charge is 0.456 e. The number of aromatic nitrogens is 1. The summed E-state index contributed by atoms with van der Waals surface area (Å²) in [5, 5.41) is 4.79. The number of benzene rings is 5. The molecule has 2 nitrogen and oxygen atoms in total. The van der Waals surface area contributed by atoms with Crippen LogP contribution in [0.4, 0.5) is 0 Å². The first-order chi connectivity index (χ1) is 17.5. The van der Waals surface area contributed by atoms with Gasteiger partial charge in [0.25, 0.3) is 0 Å². The molecular weight excluding hydrogens is 506 g/mol. The molecule has 0 N–H and O–H groups in total. The summed E-state index contributed by atoms with van der Waals surface area (Å²) in [5.41, 5.74) is 10.8. The Morgan fingerprint density at radius 1 is 0.667 bits per heavy atom. The summed E-state index contributed by atoms with van der Waals surface area (Å²) in [6, 6.07) is 35.1. The first-order valence-corrected chi connectivity index (χ1v) is 13.1. The molecule has 7 aromatic rings. The second kappa shape index (κ2) is 6.89. The quantitative estimate of drug-likeness (QED) is 0.207. The Hall–Kier alpha value is -3.82. The molecule has 0 radical (unpaired) electrons. The van der Waals surface area contributed by atoms with Crippen molar-refractivity contribution in [3.05, 3.63) is 113 Å². The fourth-order valence-electron chi connectivity index (χ4n) is 6.39. The van der Waals surface area contributed by atoms with Gasteiger partial charge in [-0.25, -0.2) is 0 Å². The number of rotatable bonds is 1. The predicted octanol–water partition coefficient (Wildman–Crippen LogP) is 9.75. The Kier molecular flexibility index (Phi) is 3.90. The molecule has 0 unspecified atom stereocenters. The summed E-state index contributed by atoms with van der Waals surface area (Å²) in [5.74, 6) is 0. The third kappa shape index (κ3) is 2.51. The molecule has 0 spiro atoms. The van der Waals surface area contributed by atoms with E-state index in [-0.39, 0.29) is 5.41 Å². The molecule has 8 rings (SSSR count). The van der Waals surface area contributed by atoms with E-state index in [1.54, 1.807) is 0 Å². The van der Waals surface area contributed by atoms with Gasteiger partial charge in [-0.1, -0.05) is 84.4 Å². The van der Waals surface area contributed by atoms with E-state index in [2.05, 4.69) is 125 Å². The lowest BCUT2D eigenvalue weighted by atomic mass is 9.82. The summed E-state index contributed by atoms with van der Waals surface area (Å²) in [4.78, 5) is 0. The Balaban J connectivity index is 1.54. The maximum Gasteiger partial charge on any atom is 0.137 e. The monoisotopic (exact) mass is 527 g/mol. The van der Waals surface area contributed by atoms with Gasteiger partial charge >= 0.3 is 0 Å². The van der Waals surface area contributed by atoms with E-state index in [1.807, 2.05) is 6.07 Å². The maximum absolute atomic E-state index is 6.30. The molecule has 2 heterocycles. The molecule has 3 heteroatoms. The molecule has 172 valence electrons. The van der Waals surface area contributed by atoms with Crippen molar-refractivity contribution in [3.8, 4) is 16.8 Å². The topological polar surface area (TPSA) is 18.1 Å². The highest BCUT2D eigenvalue weighted by atomic mass is 79.9. The average molecular weight is 528 g/mol. The van der Waals surface area contributed by atoms with E-state index in [0.717, 1.165) is 21.0 Å². The molecule has 0 aliphatic heterocycles. The van der Waals surface area contributed by atoms with Gasteiger partial charge in [0.2, 0.25) is 0 Å². The predicted molar refractivity (Wildman–Crippen MR) is 153 cm³/mol. The molecule has 0 saturated heterocycles. The van der Waals surface area contributed by atoms with Gasteiger partial charge in [0.15, 0.2) is 0 Å². The highest BCUT2D eigenvalue weighted by Crippen LogP contribution is 2.50. The third-order valence-electron chi connectivity index (χ3n) is 8.06. The SMILES string of the molecule is CC1(C)c2ccccc2-c2ccc(-n3c4cc(Br)ccc4c4ccc5oc6ccccc6c5c43)cc21. The highest BCUT2D eigenvalue weighted by Gasteiger charge is 2.35. The van der Waals surface area contributed by atoms with E-state index >= 15 is 0 Å². The number of fused-ring (bicyclic) bond motifs is 10. The fourth-order valence-corrected chi connectivity index (χ4v) is 6.73. The van der Waals surface area contributed by atoms with Crippen molar-refractivity contribution in [1.82, 2.24) is 4.57 Å². The molecule has 2 aromatic heterocycles. The van der Waals surface area contributed by atoms with E-state index in [9.17, 15) is 0 Å². The second-order valence-electron chi connectivity index (χ2n) is 10.3. The van der Waals surface area contributed by atoms with Crippen molar-refractivity contribution >= 4 is 59.7 Å². The van der Waals surface area contributed by atoms with E-state index in [0.29, 0.717) is 0 Å². The zero-order valence-corrected chi connectivity index (χ0v) is 21.6. The summed E-state index contributed by atoms with van der Waals surface area (Å²) in [6.07, 6.45) is 0. The van der Waals surface area contributed by atoms with Crippen molar-refractivity contribution in [1.29, 1.82) is 0 Å². The first-order valence-electron chi connectivity index (χ1n) is 12.3. The van der Waals surface area contributed by atoms with Crippen molar-refractivity contribution in [3.63, 3.8) is 0 Å².